The highest BCUT2D eigenvalue weighted by Crippen LogP contribution is 2.66. The van der Waals surface area contributed by atoms with E-state index in [2.05, 4.69) is 266 Å². The van der Waals surface area contributed by atoms with E-state index < -0.39 is 10.8 Å². The van der Waals surface area contributed by atoms with Gasteiger partial charge >= 0.3 is 0 Å². The second-order valence-corrected chi connectivity index (χ2v) is 19.8. The molecule has 71 heavy (non-hydrogen) atoms. The highest BCUT2D eigenvalue weighted by atomic mass is 15.1. The molecule has 16 rings (SSSR count). The molecular formula is C70H43N. The van der Waals surface area contributed by atoms with E-state index in [0.717, 1.165) is 17.1 Å². The van der Waals surface area contributed by atoms with Crippen LogP contribution in [0.5, 0.6) is 0 Å². The third-order valence-corrected chi connectivity index (χ3v) is 16.7. The molecule has 12 aromatic rings. The van der Waals surface area contributed by atoms with E-state index in [9.17, 15) is 0 Å². The molecule has 328 valence electrons. The summed E-state index contributed by atoms with van der Waals surface area (Å²) in [6, 6.07) is 98.6. The van der Waals surface area contributed by atoms with E-state index in [0.29, 0.717) is 0 Å². The van der Waals surface area contributed by atoms with Crippen LogP contribution in [0.25, 0.3) is 77.2 Å². The molecule has 12 aromatic carbocycles. The lowest BCUT2D eigenvalue weighted by Gasteiger charge is -2.34. The Morgan fingerprint density at radius 2 is 0.662 bits per heavy atom. The summed E-state index contributed by atoms with van der Waals surface area (Å²) in [5.74, 6) is 0. The smallest absolute Gasteiger partial charge is 0.0732 e. The number of nitrogens with zero attached hydrogens (tertiary/aromatic N) is 1. The molecule has 4 aliphatic carbocycles. The standard InChI is InChI=1S/C70H43N/c1-2-16-44(17-3-1)45-30-34-48(35-31-45)71(49-36-39-57-58-38-32-47-19-5-7-21-52(47)68(58)70(65(57)42-49)62-28-14-10-24-55(62)56-25-11-15-29-63(56)70)50-37-40-59-66(43-50)69(64-41-33-46-18-4-6-20-51(46)67(59)64)60-26-12-8-22-53(60)54-23-9-13-27-61(54)69/h1-43H. The van der Waals surface area contributed by atoms with Gasteiger partial charge in [0.1, 0.15) is 0 Å². The van der Waals surface area contributed by atoms with Crippen LogP contribution < -0.4 is 4.90 Å². The first-order chi connectivity index (χ1) is 35.2. The van der Waals surface area contributed by atoms with Crippen molar-refractivity contribution in [3.8, 4) is 55.6 Å². The van der Waals surface area contributed by atoms with Gasteiger partial charge in [-0.2, -0.15) is 0 Å². The lowest BCUT2D eigenvalue weighted by molar-refractivity contribution is 0.794. The summed E-state index contributed by atoms with van der Waals surface area (Å²) in [5, 5.41) is 5.11. The summed E-state index contributed by atoms with van der Waals surface area (Å²) in [4.78, 5) is 2.53. The molecule has 0 saturated carbocycles. The topological polar surface area (TPSA) is 3.24 Å². The molecule has 0 aliphatic heterocycles. The average molecular weight is 898 g/mol. The molecule has 0 amide bonds. The van der Waals surface area contributed by atoms with Crippen LogP contribution in [0.3, 0.4) is 0 Å². The summed E-state index contributed by atoms with van der Waals surface area (Å²) < 4.78 is 0. The van der Waals surface area contributed by atoms with Crippen LogP contribution in [0, 0.1) is 0 Å². The van der Waals surface area contributed by atoms with Gasteiger partial charge in [-0.1, -0.05) is 224 Å². The van der Waals surface area contributed by atoms with Gasteiger partial charge in [0.25, 0.3) is 0 Å². The molecule has 0 N–H and O–H groups in total. The van der Waals surface area contributed by atoms with E-state index in [1.54, 1.807) is 0 Å². The molecule has 0 atom stereocenters. The van der Waals surface area contributed by atoms with Crippen LogP contribution in [0.4, 0.5) is 17.1 Å². The van der Waals surface area contributed by atoms with Gasteiger partial charge in [-0.3, -0.25) is 0 Å². The van der Waals surface area contributed by atoms with E-state index in [4.69, 9.17) is 0 Å². The lowest BCUT2D eigenvalue weighted by Crippen LogP contribution is -2.27. The van der Waals surface area contributed by atoms with E-state index in [1.807, 2.05) is 0 Å². The van der Waals surface area contributed by atoms with Crippen LogP contribution >= 0.6 is 0 Å². The van der Waals surface area contributed by atoms with Gasteiger partial charge in [-0.25, -0.2) is 0 Å². The largest absolute Gasteiger partial charge is 0.310 e. The second-order valence-electron chi connectivity index (χ2n) is 19.8. The normalized spacial score (nSPS) is 14.1. The zero-order chi connectivity index (χ0) is 46.4. The predicted octanol–water partition coefficient (Wildman–Crippen LogP) is 17.8. The van der Waals surface area contributed by atoms with Crippen LogP contribution in [0.2, 0.25) is 0 Å². The summed E-state index contributed by atoms with van der Waals surface area (Å²) in [6.45, 7) is 0. The molecule has 0 bridgehead atoms. The Morgan fingerprint density at radius 3 is 1.28 bits per heavy atom. The summed E-state index contributed by atoms with van der Waals surface area (Å²) in [7, 11) is 0. The maximum Gasteiger partial charge on any atom is 0.0732 e. The Hall–Kier alpha value is -9.04. The fraction of sp³-hybridized carbons (Fsp3) is 0.0286. The summed E-state index contributed by atoms with van der Waals surface area (Å²) in [6.07, 6.45) is 0. The fourth-order valence-electron chi connectivity index (χ4n) is 14.0. The molecule has 0 unspecified atom stereocenters. The average Bonchev–Trinajstić information content (AvgIpc) is 4.13. The lowest BCUT2D eigenvalue weighted by atomic mass is 9.69. The van der Waals surface area contributed by atoms with Crippen molar-refractivity contribution >= 4 is 38.6 Å². The third-order valence-electron chi connectivity index (χ3n) is 16.7. The quantitative estimate of drug-likeness (QED) is 0.170. The number of hydrogen-bond acceptors (Lipinski definition) is 1. The van der Waals surface area contributed by atoms with Crippen molar-refractivity contribution in [3.05, 3.63) is 305 Å². The van der Waals surface area contributed by atoms with Crippen molar-refractivity contribution in [1.82, 2.24) is 0 Å². The van der Waals surface area contributed by atoms with Gasteiger partial charge < -0.3 is 4.90 Å². The Balaban J connectivity index is 0.985. The Bertz CT molecular complexity index is 4140. The molecule has 0 fully saturated rings. The van der Waals surface area contributed by atoms with Gasteiger partial charge in [-0.15, -0.1) is 0 Å². The SMILES string of the molecule is c1ccc(-c2ccc(N(c3ccc4c(c3)C3(c5ccccc5-c5ccccc53)c3ccc5ccccc5c3-4)c3ccc4c(c3)C3(c5ccccc5-c5ccccc53)c3c-4ccc4ccccc34)cc2)cc1. The molecule has 1 heteroatoms. The first kappa shape index (κ1) is 38.9. The van der Waals surface area contributed by atoms with Crippen LogP contribution in [0.1, 0.15) is 44.5 Å². The van der Waals surface area contributed by atoms with E-state index in [-0.39, 0.29) is 0 Å². The summed E-state index contributed by atoms with van der Waals surface area (Å²) in [5.41, 5.74) is 25.9. The van der Waals surface area contributed by atoms with Crippen LogP contribution in [0.15, 0.2) is 261 Å². The van der Waals surface area contributed by atoms with Crippen molar-refractivity contribution in [2.45, 2.75) is 10.8 Å². The first-order valence-electron chi connectivity index (χ1n) is 24.9. The zero-order valence-electron chi connectivity index (χ0n) is 38.8. The maximum absolute atomic E-state index is 2.54. The predicted molar refractivity (Wildman–Crippen MR) is 294 cm³/mol. The number of anilines is 3. The van der Waals surface area contributed by atoms with Crippen molar-refractivity contribution < 1.29 is 0 Å². The zero-order valence-corrected chi connectivity index (χ0v) is 38.8. The molecule has 4 aliphatic rings. The van der Waals surface area contributed by atoms with E-state index >= 15 is 0 Å². The molecule has 1 nitrogen and oxygen atoms in total. The summed E-state index contributed by atoms with van der Waals surface area (Å²) >= 11 is 0. The van der Waals surface area contributed by atoms with Crippen molar-refractivity contribution in [3.63, 3.8) is 0 Å². The van der Waals surface area contributed by atoms with Crippen LogP contribution in [-0.2, 0) is 10.8 Å². The van der Waals surface area contributed by atoms with Gasteiger partial charge in [0.15, 0.2) is 0 Å². The van der Waals surface area contributed by atoms with Crippen LogP contribution in [-0.4, -0.2) is 0 Å². The first-order valence-corrected chi connectivity index (χ1v) is 24.9. The number of rotatable bonds is 4. The minimum absolute atomic E-state index is 0.511. The van der Waals surface area contributed by atoms with Crippen molar-refractivity contribution in [1.29, 1.82) is 0 Å². The third kappa shape index (κ3) is 4.95. The molecule has 0 radical (unpaired) electrons. The molecular weight excluding hydrogens is 855 g/mol. The van der Waals surface area contributed by atoms with Gasteiger partial charge in [0.05, 0.1) is 10.8 Å². The maximum atomic E-state index is 2.54. The Kier molecular flexibility index (Phi) is 7.81. The fourth-order valence-corrected chi connectivity index (χ4v) is 14.0. The number of hydrogen-bond donors (Lipinski definition) is 0. The van der Waals surface area contributed by atoms with E-state index in [1.165, 1.54) is 122 Å². The highest BCUT2D eigenvalue weighted by Gasteiger charge is 2.54. The van der Waals surface area contributed by atoms with Crippen molar-refractivity contribution in [2.75, 3.05) is 4.90 Å². The Morgan fingerprint density at radius 1 is 0.239 bits per heavy atom. The second kappa shape index (κ2) is 14.3. The monoisotopic (exact) mass is 897 g/mol. The molecule has 0 heterocycles. The van der Waals surface area contributed by atoms with Gasteiger partial charge in [0, 0.05) is 17.1 Å². The number of benzene rings is 12. The molecule has 0 saturated heterocycles. The Labute approximate surface area is 413 Å². The van der Waals surface area contributed by atoms with Crippen molar-refractivity contribution in [2.24, 2.45) is 0 Å². The molecule has 0 aromatic heterocycles. The molecule has 2 spiro atoms. The number of fused-ring (bicyclic) bond motifs is 24. The van der Waals surface area contributed by atoms with Gasteiger partial charge in [-0.05, 0) is 158 Å². The minimum atomic E-state index is -0.528. The highest BCUT2D eigenvalue weighted by molar-refractivity contribution is 6.08. The van der Waals surface area contributed by atoms with Gasteiger partial charge in [0.2, 0.25) is 0 Å². The minimum Gasteiger partial charge on any atom is -0.310 e.